The summed E-state index contributed by atoms with van der Waals surface area (Å²) in [6.07, 6.45) is 76.2. The van der Waals surface area contributed by atoms with E-state index in [0.29, 0.717) is 19.4 Å². The molecular formula is C59H94O5. The summed E-state index contributed by atoms with van der Waals surface area (Å²) in [6.45, 7) is 7.41. The van der Waals surface area contributed by atoms with Gasteiger partial charge < -0.3 is 14.2 Å². The van der Waals surface area contributed by atoms with Crippen molar-refractivity contribution in [2.24, 2.45) is 0 Å². The van der Waals surface area contributed by atoms with Crippen molar-refractivity contribution in [2.45, 2.75) is 207 Å². The van der Waals surface area contributed by atoms with E-state index in [1.54, 1.807) is 0 Å². The van der Waals surface area contributed by atoms with Gasteiger partial charge >= 0.3 is 11.9 Å². The Bertz CT molecular complexity index is 1370. The molecule has 0 aliphatic heterocycles. The van der Waals surface area contributed by atoms with Crippen LogP contribution in [0.4, 0.5) is 0 Å². The van der Waals surface area contributed by atoms with Crippen LogP contribution in [0.2, 0.25) is 0 Å². The molecule has 0 fully saturated rings. The van der Waals surface area contributed by atoms with Crippen molar-refractivity contribution >= 4 is 11.9 Å². The molecule has 0 rings (SSSR count). The van der Waals surface area contributed by atoms with E-state index in [4.69, 9.17) is 14.2 Å². The summed E-state index contributed by atoms with van der Waals surface area (Å²) in [4.78, 5) is 25.4. The first kappa shape index (κ1) is 60.0. The van der Waals surface area contributed by atoms with Gasteiger partial charge in [-0.05, 0) is 122 Å². The van der Waals surface area contributed by atoms with E-state index in [1.165, 1.54) is 51.4 Å². The van der Waals surface area contributed by atoms with Crippen LogP contribution in [-0.2, 0) is 23.8 Å². The van der Waals surface area contributed by atoms with Crippen molar-refractivity contribution in [3.05, 3.63) is 134 Å². The molecule has 0 bridgehead atoms. The number of esters is 2. The molecule has 64 heavy (non-hydrogen) atoms. The monoisotopic (exact) mass is 883 g/mol. The largest absolute Gasteiger partial charge is 0.462 e. The molecule has 0 aromatic heterocycles. The first-order valence-electron chi connectivity index (χ1n) is 25.7. The van der Waals surface area contributed by atoms with Gasteiger partial charge in [-0.25, -0.2) is 0 Å². The van der Waals surface area contributed by atoms with Gasteiger partial charge in [-0.1, -0.05) is 199 Å². The predicted molar refractivity (Wildman–Crippen MR) is 278 cm³/mol. The molecule has 1 unspecified atom stereocenters. The maximum absolute atomic E-state index is 12.8. The first-order chi connectivity index (χ1) is 31.6. The maximum atomic E-state index is 12.8. The van der Waals surface area contributed by atoms with Crippen molar-refractivity contribution in [3.63, 3.8) is 0 Å². The molecule has 0 heterocycles. The van der Waals surface area contributed by atoms with Gasteiger partial charge in [0.1, 0.15) is 6.61 Å². The Morgan fingerprint density at radius 1 is 0.359 bits per heavy atom. The number of rotatable bonds is 45. The van der Waals surface area contributed by atoms with E-state index in [9.17, 15) is 9.59 Å². The Morgan fingerprint density at radius 3 is 1.19 bits per heavy atom. The lowest BCUT2D eigenvalue weighted by molar-refractivity contribution is -0.162. The molecule has 0 aliphatic rings. The summed E-state index contributed by atoms with van der Waals surface area (Å²) >= 11 is 0. The van der Waals surface area contributed by atoms with Crippen LogP contribution in [0.5, 0.6) is 0 Å². The molecule has 0 radical (unpaired) electrons. The van der Waals surface area contributed by atoms with Crippen LogP contribution in [-0.4, -0.2) is 37.9 Å². The van der Waals surface area contributed by atoms with Gasteiger partial charge in [0.05, 0.1) is 6.61 Å². The van der Waals surface area contributed by atoms with Gasteiger partial charge in [0.2, 0.25) is 0 Å². The average molecular weight is 883 g/mol. The van der Waals surface area contributed by atoms with E-state index < -0.39 is 6.10 Å². The zero-order valence-corrected chi connectivity index (χ0v) is 41.2. The highest BCUT2D eigenvalue weighted by atomic mass is 16.6. The van der Waals surface area contributed by atoms with Crippen LogP contribution < -0.4 is 0 Å². The molecule has 0 amide bonds. The summed E-state index contributed by atoms with van der Waals surface area (Å²) in [7, 11) is 0. The Hall–Kier alpha value is -3.96. The van der Waals surface area contributed by atoms with E-state index in [1.807, 2.05) is 6.08 Å². The summed E-state index contributed by atoms with van der Waals surface area (Å²) in [5.74, 6) is -0.545. The third-order valence-corrected chi connectivity index (χ3v) is 10.2. The molecule has 0 aliphatic carbocycles. The van der Waals surface area contributed by atoms with Gasteiger partial charge in [0.15, 0.2) is 6.10 Å². The molecule has 0 saturated heterocycles. The molecule has 1 atom stereocenters. The van der Waals surface area contributed by atoms with Crippen LogP contribution in [0.25, 0.3) is 0 Å². The summed E-state index contributed by atoms with van der Waals surface area (Å²) in [6, 6.07) is 0. The van der Waals surface area contributed by atoms with Crippen molar-refractivity contribution in [3.8, 4) is 0 Å². The highest BCUT2D eigenvalue weighted by Gasteiger charge is 2.17. The molecule has 360 valence electrons. The Balaban J connectivity index is 4.45. The Kier molecular flexibility index (Phi) is 50.1. The fraction of sp³-hybridized carbons (Fsp3) is 0.593. The van der Waals surface area contributed by atoms with Crippen LogP contribution in [0.15, 0.2) is 134 Å². The van der Waals surface area contributed by atoms with Crippen LogP contribution >= 0.6 is 0 Å². The number of allylic oxidation sites excluding steroid dienone is 22. The number of carbonyl (C=O) groups excluding carboxylic acids is 2. The second-order valence-electron chi connectivity index (χ2n) is 16.3. The Morgan fingerprint density at radius 2 is 0.734 bits per heavy atom. The normalized spacial score (nSPS) is 13.4. The highest BCUT2D eigenvalue weighted by Crippen LogP contribution is 2.11. The summed E-state index contributed by atoms with van der Waals surface area (Å²) < 4.78 is 17.3. The predicted octanol–water partition coefficient (Wildman–Crippen LogP) is 17.6. The number of ether oxygens (including phenoxy) is 3. The number of hydrogen-bond acceptors (Lipinski definition) is 5. The van der Waals surface area contributed by atoms with E-state index in [2.05, 4.69) is 148 Å². The Labute approximate surface area is 394 Å². The van der Waals surface area contributed by atoms with E-state index in [0.717, 1.165) is 109 Å². The van der Waals surface area contributed by atoms with Gasteiger partial charge in [-0.15, -0.1) is 0 Å². The average Bonchev–Trinajstić information content (AvgIpc) is 3.30. The third kappa shape index (κ3) is 50.7. The second-order valence-corrected chi connectivity index (χ2v) is 16.3. The lowest BCUT2D eigenvalue weighted by Crippen LogP contribution is -2.30. The second kappa shape index (κ2) is 53.4. The summed E-state index contributed by atoms with van der Waals surface area (Å²) in [5.41, 5.74) is 0. The van der Waals surface area contributed by atoms with Crippen LogP contribution in [0.3, 0.4) is 0 Å². The highest BCUT2D eigenvalue weighted by molar-refractivity contribution is 5.70. The minimum Gasteiger partial charge on any atom is -0.462 e. The molecule has 0 aromatic rings. The minimum absolute atomic E-state index is 0.0261. The molecular weight excluding hydrogens is 789 g/mol. The van der Waals surface area contributed by atoms with Crippen LogP contribution in [0, 0.1) is 0 Å². The zero-order valence-electron chi connectivity index (χ0n) is 41.2. The fourth-order valence-corrected chi connectivity index (χ4v) is 6.40. The first-order valence-corrected chi connectivity index (χ1v) is 25.7. The standard InChI is InChI=1S/C59H94O5/c1-4-7-10-13-16-19-22-25-27-29-30-31-32-35-37-40-43-46-49-52-58(60)63-56-57(64-59(61)53-50-47-44-41-38-34-24-21-18-15-12-9-6-3)55-62-54-51-48-45-42-39-36-33-28-26-23-20-17-14-11-8-5-2/h7,9-10,12,16-21,25-28,30-31,34-35,37-38,44,47,57H,4-6,8,11,13-15,22-24,29,32-33,36,39-43,45-46,48-56H2,1-3H3/b10-7-,12-9-,19-16-,20-17-,21-18-,27-25-,28-26-,31-30-,37-35-,38-34-,47-44-. The number of carbonyl (C=O) groups is 2. The van der Waals surface area contributed by atoms with Gasteiger partial charge in [-0.2, -0.15) is 0 Å². The smallest absolute Gasteiger partial charge is 0.306 e. The van der Waals surface area contributed by atoms with Gasteiger partial charge in [0, 0.05) is 19.4 Å². The molecule has 0 N–H and O–H groups in total. The number of unbranched alkanes of at least 4 members (excludes halogenated alkanes) is 12. The molecule has 0 aromatic carbocycles. The molecule has 5 heteroatoms. The third-order valence-electron chi connectivity index (χ3n) is 10.2. The SMILES string of the molecule is CC/C=C\C/C=C\C/C=C\C/C=C\C/C=C\CCCCCC(=O)OCC(COCCCCCCCC/C=C\C/C=C\CCCCC)OC(=O)CC/C=C\C/C=C\C/C=C\C/C=C\CC. The van der Waals surface area contributed by atoms with Gasteiger partial charge in [0.25, 0.3) is 0 Å². The fourth-order valence-electron chi connectivity index (χ4n) is 6.40. The summed E-state index contributed by atoms with van der Waals surface area (Å²) in [5, 5.41) is 0. The molecule has 0 saturated carbocycles. The van der Waals surface area contributed by atoms with Crippen molar-refractivity contribution in [2.75, 3.05) is 19.8 Å². The topological polar surface area (TPSA) is 61.8 Å². The zero-order chi connectivity index (χ0) is 46.3. The molecule has 5 nitrogen and oxygen atoms in total. The van der Waals surface area contributed by atoms with Crippen LogP contribution in [0.1, 0.15) is 201 Å². The maximum Gasteiger partial charge on any atom is 0.306 e. The lowest BCUT2D eigenvalue weighted by atomic mass is 10.1. The lowest BCUT2D eigenvalue weighted by Gasteiger charge is -2.18. The van der Waals surface area contributed by atoms with Crippen molar-refractivity contribution in [1.29, 1.82) is 0 Å². The van der Waals surface area contributed by atoms with E-state index in [-0.39, 0.29) is 31.6 Å². The number of hydrogen-bond donors (Lipinski definition) is 0. The van der Waals surface area contributed by atoms with E-state index >= 15 is 0 Å². The van der Waals surface area contributed by atoms with Crippen molar-refractivity contribution in [1.82, 2.24) is 0 Å². The minimum atomic E-state index is -0.603. The van der Waals surface area contributed by atoms with Crippen molar-refractivity contribution < 1.29 is 23.8 Å². The van der Waals surface area contributed by atoms with Gasteiger partial charge in [-0.3, -0.25) is 9.59 Å². The quantitative estimate of drug-likeness (QED) is 0.0346. The molecule has 0 spiro atoms.